The summed E-state index contributed by atoms with van der Waals surface area (Å²) in [6.45, 7) is 0. The minimum atomic E-state index is -0.590. The fourth-order valence-electron chi connectivity index (χ4n) is 1.37. The zero-order chi connectivity index (χ0) is 13.1. The molecule has 0 aliphatic carbocycles. The molecule has 1 aromatic heterocycles. The normalized spacial score (nSPS) is 10.2. The van der Waals surface area contributed by atoms with E-state index in [2.05, 4.69) is 4.98 Å². The highest BCUT2D eigenvalue weighted by molar-refractivity contribution is 6.41. The molecule has 1 N–H and O–H groups in total. The van der Waals surface area contributed by atoms with Crippen LogP contribution in [0.15, 0.2) is 30.3 Å². The first-order chi connectivity index (χ1) is 8.61. The molecule has 1 heterocycles. The number of halogens is 2. The largest absolute Gasteiger partial charge is 0.493 e. The summed E-state index contributed by atoms with van der Waals surface area (Å²) in [6.07, 6.45) is 0. The molecule has 1 aromatic carbocycles. The first kappa shape index (κ1) is 12.8. The van der Waals surface area contributed by atoms with E-state index in [1.54, 1.807) is 24.3 Å². The number of rotatable bonds is 3. The van der Waals surface area contributed by atoms with Crippen molar-refractivity contribution in [3.63, 3.8) is 0 Å². The molecule has 94 valence electrons. The highest BCUT2D eigenvalue weighted by Crippen LogP contribution is 2.28. The number of H-pyrrole nitrogens is 1. The number of hydrogen-bond donors (Lipinski definition) is 1. The molecule has 0 radical (unpaired) electrons. The molecule has 0 atom stereocenters. The minimum absolute atomic E-state index is 0.177. The van der Waals surface area contributed by atoms with Gasteiger partial charge in [-0.1, -0.05) is 35.3 Å². The van der Waals surface area contributed by atoms with E-state index in [0.29, 0.717) is 11.5 Å². The first-order valence-corrected chi connectivity index (χ1v) is 5.76. The fourth-order valence-corrected chi connectivity index (χ4v) is 1.68. The number of para-hydroxylation sites is 2. The van der Waals surface area contributed by atoms with Crippen LogP contribution >= 0.6 is 23.2 Å². The quantitative estimate of drug-likeness (QED) is 0.693. The van der Waals surface area contributed by atoms with Crippen LogP contribution in [0.2, 0.25) is 10.2 Å². The summed E-state index contributed by atoms with van der Waals surface area (Å²) >= 11 is 11.5. The van der Waals surface area contributed by atoms with Crippen LogP contribution in [-0.2, 0) is 0 Å². The standard InChI is InChI=1S/C12H9Cl2NO3/c1-17-9-4-2-3-5-10(9)18-12(16)8-6-7(13)11(14)15-8/h2-6,15H,1H3. The first-order valence-electron chi connectivity index (χ1n) is 5.01. The van der Waals surface area contributed by atoms with Crippen molar-refractivity contribution in [3.8, 4) is 11.5 Å². The van der Waals surface area contributed by atoms with Crippen molar-refractivity contribution < 1.29 is 14.3 Å². The molecule has 4 nitrogen and oxygen atoms in total. The minimum Gasteiger partial charge on any atom is -0.493 e. The predicted molar refractivity (Wildman–Crippen MR) is 68.8 cm³/mol. The number of methoxy groups -OCH3 is 1. The Morgan fingerprint density at radius 1 is 1.22 bits per heavy atom. The topological polar surface area (TPSA) is 51.3 Å². The van der Waals surface area contributed by atoms with Crippen LogP contribution < -0.4 is 9.47 Å². The smallest absolute Gasteiger partial charge is 0.360 e. The number of hydrogen-bond acceptors (Lipinski definition) is 3. The lowest BCUT2D eigenvalue weighted by molar-refractivity contribution is 0.0724. The lowest BCUT2D eigenvalue weighted by Crippen LogP contribution is -2.09. The second-order valence-corrected chi connectivity index (χ2v) is 4.17. The molecular weight excluding hydrogens is 277 g/mol. The van der Waals surface area contributed by atoms with Crippen molar-refractivity contribution >= 4 is 29.2 Å². The van der Waals surface area contributed by atoms with Crippen molar-refractivity contribution in [2.45, 2.75) is 0 Å². The molecule has 18 heavy (non-hydrogen) atoms. The molecule has 0 amide bonds. The highest BCUT2D eigenvalue weighted by atomic mass is 35.5. The summed E-state index contributed by atoms with van der Waals surface area (Å²) in [4.78, 5) is 14.4. The van der Waals surface area contributed by atoms with E-state index in [1.807, 2.05) is 0 Å². The molecule has 0 aliphatic rings. The van der Waals surface area contributed by atoms with Crippen LogP contribution in [0.3, 0.4) is 0 Å². The molecule has 0 aliphatic heterocycles. The maximum atomic E-state index is 11.8. The van der Waals surface area contributed by atoms with Gasteiger partial charge >= 0.3 is 5.97 Å². The summed E-state index contributed by atoms with van der Waals surface area (Å²) in [7, 11) is 1.50. The van der Waals surface area contributed by atoms with Gasteiger partial charge in [0, 0.05) is 0 Å². The second-order valence-electron chi connectivity index (χ2n) is 3.39. The van der Waals surface area contributed by atoms with Crippen LogP contribution in [0.25, 0.3) is 0 Å². The van der Waals surface area contributed by atoms with Gasteiger partial charge < -0.3 is 14.5 Å². The molecule has 0 bridgehead atoms. The van der Waals surface area contributed by atoms with Gasteiger partial charge in [0.25, 0.3) is 0 Å². The van der Waals surface area contributed by atoms with E-state index < -0.39 is 5.97 Å². The fraction of sp³-hybridized carbons (Fsp3) is 0.0833. The average Bonchev–Trinajstić information content (AvgIpc) is 2.70. The Balaban J connectivity index is 2.21. The Hall–Kier alpha value is -1.65. The monoisotopic (exact) mass is 285 g/mol. The van der Waals surface area contributed by atoms with Gasteiger partial charge in [-0.3, -0.25) is 0 Å². The van der Waals surface area contributed by atoms with Gasteiger partial charge in [-0.05, 0) is 18.2 Å². The second kappa shape index (κ2) is 5.33. The van der Waals surface area contributed by atoms with Gasteiger partial charge in [0.05, 0.1) is 12.1 Å². The third-order valence-corrected chi connectivity index (χ3v) is 2.91. The number of esters is 1. The van der Waals surface area contributed by atoms with E-state index in [4.69, 9.17) is 32.7 Å². The van der Waals surface area contributed by atoms with E-state index in [1.165, 1.54) is 13.2 Å². The zero-order valence-corrected chi connectivity index (χ0v) is 10.9. The lowest BCUT2D eigenvalue weighted by atomic mass is 10.3. The number of aromatic amines is 1. The summed E-state index contributed by atoms with van der Waals surface area (Å²) in [6, 6.07) is 8.24. The molecule has 0 fully saturated rings. The number of carbonyl (C=O) groups is 1. The van der Waals surface area contributed by atoms with Crippen LogP contribution in [0.5, 0.6) is 11.5 Å². The maximum Gasteiger partial charge on any atom is 0.360 e. The number of nitrogens with one attached hydrogen (secondary N) is 1. The Morgan fingerprint density at radius 3 is 2.44 bits per heavy atom. The van der Waals surface area contributed by atoms with Gasteiger partial charge in [-0.2, -0.15) is 0 Å². The third-order valence-electron chi connectivity index (χ3n) is 2.22. The predicted octanol–water partition coefficient (Wildman–Crippen LogP) is 3.55. The van der Waals surface area contributed by atoms with Crippen LogP contribution in [0.1, 0.15) is 10.5 Å². The SMILES string of the molecule is COc1ccccc1OC(=O)c1cc(Cl)c(Cl)[nH]1. The molecule has 6 heteroatoms. The molecule has 0 spiro atoms. The lowest BCUT2D eigenvalue weighted by Gasteiger charge is -2.07. The van der Waals surface area contributed by atoms with E-state index in [9.17, 15) is 4.79 Å². The number of benzene rings is 1. The van der Waals surface area contributed by atoms with Crippen molar-refractivity contribution in [2.24, 2.45) is 0 Å². The number of carbonyl (C=O) groups excluding carboxylic acids is 1. The molecule has 2 rings (SSSR count). The van der Waals surface area contributed by atoms with Crippen LogP contribution in [0.4, 0.5) is 0 Å². The molecule has 0 saturated heterocycles. The maximum absolute atomic E-state index is 11.8. The Kier molecular flexibility index (Phi) is 3.79. The number of ether oxygens (including phenoxy) is 2. The third kappa shape index (κ3) is 2.60. The Labute approximate surface area is 113 Å². The van der Waals surface area contributed by atoms with E-state index in [-0.39, 0.29) is 15.9 Å². The van der Waals surface area contributed by atoms with E-state index >= 15 is 0 Å². The highest BCUT2D eigenvalue weighted by Gasteiger charge is 2.15. The molecule has 2 aromatic rings. The van der Waals surface area contributed by atoms with Gasteiger partial charge in [0.15, 0.2) is 11.5 Å². The molecule has 0 saturated carbocycles. The summed E-state index contributed by atoms with van der Waals surface area (Å²) < 4.78 is 10.2. The summed E-state index contributed by atoms with van der Waals surface area (Å²) in [5.74, 6) is 0.203. The Bertz CT molecular complexity index is 561. The van der Waals surface area contributed by atoms with Crippen molar-refractivity contribution in [2.75, 3.05) is 7.11 Å². The van der Waals surface area contributed by atoms with Gasteiger partial charge in [0.2, 0.25) is 0 Å². The van der Waals surface area contributed by atoms with Crippen molar-refractivity contribution in [1.29, 1.82) is 0 Å². The van der Waals surface area contributed by atoms with E-state index in [0.717, 1.165) is 0 Å². The van der Waals surface area contributed by atoms with Crippen molar-refractivity contribution in [1.82, 2.24) is 4.98 Å². The van der Waals surface area contributed by atoms with Gasteiger partial charge in [-0.25, -0.2) is 4.79 Å². The average molecular weight is 286 g/mol. The molecular formula is C12H9Cl2NO3. The summed E-state index contributed by atoms with van der Waals surface area (Å²) in [5, 5.41) is 0.465. The molecule has 0 unspecified atom stereocenters. The van der Waals surface area contributed by atoms with Crippen molar-refractivity contribution in [3.05, 3.63) is 46.2 Å². The van der Waals surface area contributed by atoms with Crippen LogP contribution in [0, 0.1) is 0 Å². The number of aromatic nitrogens is 1. The zero-order valence-electron chi connectivity index (χ0n) is 9.37. The Morgan fingerprint density at radius 2 is 1.89 bits per heavy atom. The van der Waals surface area contributed by atoms with Gasteiger partial charge in [-0.15, -0.1) is 0 Å². The van der Waals surface area contributed by atoms with Gasteiger partial charge in [0.1, 0.15) is 10.8 Å². The van der Waals surface area contributed by atoms with Crippen LogP contribution in [-0.4, -0.2) is 18.1 Å². The summed E-state index contributed by atoms with van der Waals surface area (Å²) in [5.41, 5.74) is 0.177.